The van der Waals surface area contributed by atoms with Crippen LogP contribution in [0.5, 0.6) is 0 Å². The first-order valence-corrected chi connectivity index (χ1v) is 6.75. The largest absolute Gasteiger partial charge is 0.369 e. The molecule has 0 aliphatic carbocycles. The number of nitrogens with zero attached hydrogens (tertiary/aromatic N) is 2. The van der Waals surface area contributed by atoms with Gasteiger partial charge in [-0.2, -0.15) is 5.10 Å². The maximum Gasteiger partial charge on any atom is 0.259 e. The Kier molecular flexibility index (Phi) is 4.52. The predicted molar refractivity (Wildman–Crippen MR) is 79.0 cm³/mol. The maximum atomic E-state index is 13.4. The number of amides is 1. The third-order valence-electron chi connectivity index (χ3n) is 3.01. The maximum absolute atomic E-state index is 13.4. The van der Waals surface area contributed by atoms with Gasteiger partial charge in [0.1, 0.15) is 11.6 Å². The average molecular weight is 291 g/mol. The van der Waals surface area contributed by atoms with Crippen LogP contribution in [-0.2, 0) is 0 Å². The molecule has 0 aliphatic rings. The summed E-state index contributed by atoms with van der Waals surface area (Å²) in [6.07, 6.45) is 1.96. The average Bonchev–Trinajstić information content (AvgIpc) is 2.77. The van der Waals surface area contributed by atoms with Crippen LogP contribution in [-0.4, -0.2) is 27.6 Å². The number of aromatic amines is 1. The van der Waals surface area contributed by atoms with E-state index in [1.54, 1.807) is 13.8 Å². The van der Waals surface area contributed by atoms with Gasteiger partial charge in [0.25, 0.3) is 5.91 Å². The van der Waals surface area contributed by atoms with E-state index < -0.39 is 11.7 Å². The lowest BCUT2D eigenvalue weighted by Gasteiger charge is -2.11. The van der Waals surface area contributed by atoms with Gasteiger partial charge in [0.15, 0.2) is 0 Å². The molecule has 7 heteroatoms. The molecule has 6 nitrogen and oxygen atoms in total. The summed E-state index contributed by atoms with van der Waals surface area (Å²) in [5.74, 6) is -0.606. The molecular formula is C14H18FN5O. The van der Waals surface area contributed by atoms with Crippen LogP contribution in [0.3, 0.4) is 0 Å². The fourth-order valence-corrected chi connectivity index (χ4v) is 1.91. The topological polar surface area (TPSA) is 82.7 Å². The summed E-state index contributed by atoms with van der Waals surface area (Å²) in [5.41, 5.74) is 2.19. The molecule has 0 saturated heterocycles. The van der Waals surface area contributed by atoms with Gasteiger partial charge >= 0.3 is 0 Å². The zero-order valence-corrected chi connectivity index (χ0v) is 12.2. The first-order valence-electron chi connectivity index (χ1n) is 6.75. The van der Waals surface area contributed by atoms with Gasteiger partial charge in [0, 0.05) is 6.54 Å². The van der Waals surface area contributed by atoms with Crippen molar-refractivity contribution in [2.45, 2.75) is 27.2 Å². The Labute approximate surface area is 122 Å². The molecule has 0 unspecified atom stereocenters. The summed E-state index contributed by atoms with van der Waals surface area (Å²) in [5, 5.41) is 12.5. The van der Waals surface area contributed by atoms with E-state index in [9.17, 15) is 9.18 Å². The van der Waals surface area contributed by atoms with Crippen molar-refractivity contribution in [3.8, 4) is 0 Å². The van der Waals surface area contributed by atoms with Crippen LogP contribution in [0.1, 0.15) is 35.1 Å². The van der Waals surface area contributed by atoms with Crippen molar-refractivity contribution in [3.05, 3.63) is 35.0 Å². The van der Waals surface area contributed by atoms with Crippen LogP contribution in [0.15, 0.2) is 12.3 Å². The predicted octanol–water partition coefficient (Wildman–Crippen LogP) is 2.63. The Hall–Kier alpha value is -2.44. The van der Waals surface area contributed by atoms with E-state index in [1.165, 1.54) is 6.07 Å². The van der Waals surface area contributed by atoms with E-state index in [0.717, 1.165) is 18.3 Å². The number of nitrogens with one attached hydrogen (secondary N) is 3. The van der Waals surface area contributed by atoms with E-state index in [1.807, 2.05) is 6.92 Å². The minimum absolute atomic E-state index is 0.170. The van der Waals surface area contributed by atoms with Crippen molar-refractivity contribution >= 4 is 17.4 Å². The van der Waals surface area contributed by atoms with Crippen molar-refractivity contribution in [3.63, 3.8) is 0 Å². The molecule has 0 radical (unpaired) electrons. The first kappa shape index (κ1) is 15.0. The van der Waals surface area contributed by atoms with Crippen LogP contribution in [0.4, 0.5) is 15.9 Å². The molecule has 0 spiro atoms. The minimum Gasteiger partial charge on any atom is -0.369 e. The lowest BCUT2D eigenvalue weighted by Crippen LogP contribution is -2.17. The van der Waals surface area contributed by atoms with Crippen LogP contribution in [0, 0.1) is 19.7 Å². The number of anilines is 2. The zero-order valence-electron chi connectivity index (χ0n) is 12.2. The number of hydrogen-bond acceptors (Lipinski definition) is 4. The molecule has 21 heavy (non-hydrogen) atoms. The number of H-pyrrole nitrogens is 1. The molecular weight excluding hydrogens is 273 g/mol. The van der Waals surface area contributed by atoms with Crippen molar-refractivity contribution in [2.75, 3.05) is 17.2 Å². The van der Waals surface area contributed by atoms with E-state index in [0.29, 0.717) is 23.7 Å². The number of rotatable bonds is 5. The van der Waals surface area contributed by atoms with Gasteiger partial charge in [-0.3, -0.25) is 9.89 Å². The van der Waals surface area contributed by atoms with Crippen LogP contribution >= 0.6 is 0 Å². The van der Waals surface area contributed by atoms with E-state index in [4.69, 9.17) is 0 Å². The lowest BCUT2D eigenvalue weighted by molar-refractivity contribution is 0.102. The highest BCUT2D eigenvalue weighted by molar-refractivity contribution is 6.07. The first-order chi connectivity index (χ1) is 10.0. The Morgan fingerprint density at radius 2 is 2.19 bits per heavy atom. The second-order valence-electron chi connectivity index (χ2n) is 4.74. The fraction of sp³-hybridized carbons (Fsp3) is 0.357. The molecule has 2 aromatic rings. The number of aryl methyl sites for hydroxylation is 2. The van der Waals surface area contributed by atoms with E-state index >= 15 is 0 Å². The Balaban J connectivity index is 2.27. The number of carbonyl (C=O) groups is 1. The van der Waals surface area contributed by atoms with Crippen molar-refractivity contribution in [1.29, 1.82) is 0 Å². The van der Waals surface area contributed by atoms with Crippen molar-refractivity contribution < 1.29 is 9.18 Å². The second kappa shape index (κ2) is 6.34. The molecule has 3 N–H and O–H groups in total. The number of pyridine rings is 1. The second-order valence-corrected chi connectivity index (χ2v) is 4.74. The molecule has 2 rings (SSSR count). The highest BCUT2D eigenvalue weighted by Gasteiger charge is 2.17. The van der Waals surface area contributed by atoms with Gasteiger partial charge in [0.05, 0.1) is 28.8 Å². The molecule has 0 saturated carbocycles. The molecule has 112 valence electrons. The minimum atomic E-state index is -0.553. The molecule has 0 aromatic carbocycles. The highest BCUT2D eigenvalue weighted by Crippen LogP contribution is 2.20. The van der Waals surface area contributed by atoms with Gasteiger partial charge in [-0.1, -0.05) is 6.92 Å². The van der Waals surface area contributed by atoms with Crippen LogP contribution in [0.2, 0.25) is 0 Å². The van der Waals surface area contributed by atoms with Gasteiger partial charge in [0.2, 0.25) is 0 Å². The Morgan fingerprint density at radius 3 is 2.81 bits per heavy atom. The number of carbonyl (C=O) groups excluding carboxylic acids is 1. The summed E-state index contributed by atoms with van der Waals surface area (Å²) in [7, 11) is 0. The Morgan fingerprint density at radius 1 is 1.43 bits per heavy atom. The number of hydrogen-bond donors (Lipinski definition) is 3. The number of halogens is 1. The van der Waals surface area contributed by atoms with Crippen LogP contribution in [0.25, 0.3) is 0 Å². The summed E-state index contributed by atoms with van der Waals surface area (Å²) in [6.45, 7) is 6.23. The molecule has 0 fully saturated rings. The normalized spacial score (nSPS) is 10.5. The van der Waals surface area contributed by atoms with Gasteiger partial charge < -0.3 is 10.6 Å². The lowest BCUT2D eigenvalue weighted by atomic mass is 10.2. The fourth-order valence-electron chi connectivity index (χ4n) is 1.91. The molecule has 0 aliphatic heterocycles. The summed E-state index contributed by atoms with van der Waals surface area (Å²) >= 11 is 0. The third kappa shape index (κ3) is 3.36. The number of aromatic nitrogens is 3. The molecule has 2 aromatic heterocycles. The SMILES string of the molecule is CCCNc1ncc(F)cc1C(=O)Nc1c(C)n[nH]c1C. The zero-order chi connectivity index (χ0) is 15.4. The summed E-state index contributed by atoms with van der Waals surface area (Å²) < 4.78 is 13.4. The van der Waals surface area contributed by atoms with Crippen molar-refractivity contribution in [2.24, 2.45) is 0 Å². The smallest absolute Gasteiger partial charge is 0.259 e. The molecule has 0 bridgehead atoms. The standard InChI is InChI=1S/C14H18FN5O/c1-4-5-16-13-11(6-10(15)7-17-13)14(21)18-12-8(2)19-20-9(12)3/h6-7H,4-5H2,1-3H3,(H,16,17)(H,18,21)(H,19,20). The van der Waals surface area contributed by atoms with Gasteiger partial charge in [-0.25, -0.2) is 9.37 Å². The van der Waals surface area contributed by atoms with Crippen LogP contribution < -0.4 is 10.6 Å². The van der Waals surface area contributed by atoms with Gasteiger partial charge in [-0.15, -0.1) is 0 Å². The molecule has 0 atom stereocenters. The monoisotopic (exact) mass is 291 g/mol. The quantitative estimate of drug-likeness (QED) is 0.791. The highest BCUT2D eigenvalue weighted by atomic mass is 19.1. The summed E-state index contributed by atoms with van der Waals surface area (Å²) in [6, 6.07) is 1.17. The molecule has 1 amide bonds. The summed E-state index contributed by atoms with van der Waals surface area (Å²) in [4.78, 5) is 16.3. The molecule has 2 heterocycles. The van der Waals surface area contributed by atoms with E-state index in [-0.39, 0.29) is 5.56 Å². The van der Waals surface area contributed by atoms with E-state index in [2.05, 4.69) is 25.8 Å². The van der Waals surface area contributed by atoms with Gasteiger partial charge in [-0.05, 0) is 26.3 Å². The third-order valence-corrected chi connectivity index (χ3v) is 3.01. The van der Waals surface area contributed by atoms with Crippen molar-refractivity contribution in [1.82, 2.24) is 15.2 Å². The Bertz CT molecular complexity index is 633.